The molecule has 0 aromatic carbocycles. The van der Waals surface area contributed by atoms with Gasteiger partial charge in [0, 0.05) is 36.8 Å². The lowest BCUT2D eigenvalue weighted by molar-refractivity contribution is 0.199. The van der Waals surface area contributed by atoms with Crippen LogP contribution < -0.4 is 5.32 Å². The summed E-state index contributed by atoms with van der Waals surface area (Å²) in [4.78, 5) is 4.62. The van der Waals surface area contributed by atoms with Gasteiger partial charge in [-0.1, -0.05) is 6.92 Å². The fraction of sp³-hybridized carbons (Fsp3) is 0.600. The summed E-state index contributed by atoms with van der Waals surface area (Å²) in [5.74, 6) is 0. The average Bonchev–Trinajstić information content (AvgIpc) is 3.03. The molecule has 6 heteroatoms. The number of aromatic nitrogens is 3. The highest BCUT2D eigenvalue weighted by Crippen LogP contribution is 2.16. The van der Waals surface area contributed by atoms with Crippen LogP contribution in [0.25, 0.3) is 0 Å². The Morgan fingerprint density at radius 1 is 1.38 bits per heavy atom. The molecule has 2 aromatic rings. The summed E-state index contributed by atoms with van der Waals surface area (Å²) in [6.45, 7) is 9.49. The van der Waals surface area contributed by atoms with Crippen molar-refractivity contribution in [1.29, 1.82) is 0 Å². The molecule has 0 fully saturated rings. The van der Waals surface area contributed by atoms with Crippen LogP contribution in [0.2, 0.25) is 0 Å². The molecule has 0 aliphatic rings. The molecule has 0 saturated carbocycles. The highest BCUT2D eigenvalue weighted by atomic mass is 32.1. The van der Waals surface area contributed by atoms with E-state index in [4.69, 9.17) is 4.74 Å². The second-order valence-electron chi connectivity index (χ2n) is 5.06. The predicted octanol–water partition coefficient (Wildman–Crippen LogP) is 2.30. The summed E-state index contributed by atoms with van der Waals surface area (Å²) in [5, 5.41) is 11.4. The van der Waals surface area contributed by atoms with Crippen molar-refractivity contribution < 1.29 is 4.74 Å². The zero-order chi connectivity index (χ0) is 15.2. The van der Waals surface area contributed by atoms with Gasteiger partial charge in [0.15, 0.2) is 0 Å². The van der Waals surface area contributed by atoms with Gasteiger partial charge in [-0.3, -0.25) is 4.68 Å². The molecule has 0 amide bonds. The van der Waals surface area contributed by atoms with Crippen molar-refractivity contribution in [3.05, 3.63) is 33.0 Å². The van der Waals surface area contributed by atoms with Crippen LogP contribution in [0.3, 0.4) is 0 Å². The number of ether oxygens (including phenoxy) is 1. The fourth-order valence-electron chi connectivity index (χ4n) is 2.27. The Kier molecular flexibility index (Phi) is 5.90. The van der Waals surface area contributed by atoms with Crippen LogP contribution in [0.5, 0.6) is 0 Å². The van der Waals surface area contributed by atoms with Crippen LogP contribution in [0.4, 0.5) is 0 Å². The molecule has 0 unspecified atom stereocenters. The second kappa shape index (κ2) is 7.68. The number of nitrogens with one attached hydrogen (secondary N) is 1. The van der Waals surface area contributed by atoms with Gasteiger partial charge in [0.25, 0.3) is 0 Å². The van der Waals surface area contributed by atoms with Crippen molar-refractivity contribution in [3.63, 3.8) is 0 Å². The SMILES string of the molecule is CCc1nc(Cn2nc(C)c(CNCCOC)c2C)cs1. The van der Waals surface area contributed by atoms with E-state index in [0.717, 1.165) is 44.0 Å². The van der Waals surface area contributed by atoms with E-state index in [2.05, 4.69) is 46.2 Å². The molecule has 5 nitrogen and oxygen atoms in total. The Balaban J connectivity index is 2.03. The third-order valence-corrected chi connectivity index (χ3v) is 4.57. The van der Waals surface area contributed by atoms with Crippen LogP contribution in [0.15, 0.2) is 5.38 Å². The van der Waals surface area contributed by atoms with Crippen LogP contribution in [0.1, 0.15) is 34.6 Å². The topological polar surface area (TPSA) is 52.0 Å². The first-order chi connectivity index (χ1) is 10.2. The van der Waals surface area contributed by atoms with Gasteiger partial charge in [0.2, 0.25) is 0 Å². The summed E-state index contributed by atoms with van der Waals surface area (Å²) in [5.41, 5.74) is 4.67. The van der Waals surface area contributed by atoms with Crippen LogP contribution in [0, 0.1) is 13.8 Å². The molecule has 0 atom stereocenters. The van der Waals surface area contributed by atoms with E-state index < -0.39 is 0 Å². The van der Waals surface area contributed by atoms with E-state index in [1.165, 1.54) is 16.3 Å². The number of methoxy groups -OCH3 is 1. The summed E-state index contributed by atoms with van der Waals surface area (Å²) in [6.07, 6.45) is 0.996. The summed E-state index contributed by atoms with van der Waals surface area (Å²) >= 11 is 1.73. The van der Waals surface area contributed by atoms with Gasteiger partial charge >= 0.3 is 0 Å². The number of aryl methyl sites for hydroxylation is 2. The van der Waals surface area contributed by atoms with Gasteiger partial charge in [0.05, 0.1) is 29.5 Å². The highest BCUT2D eigenvalue weighted by Gasteiger charge is 2.12. The molecule has 116 valence electrons. The number of rotatable bonds is 8. The van der Waals surface area contributed by atoms with E-state index >= 15 is 0 Å². The van der Waals surface area contributed by atoms with E-state index in [1.54, 1.807) is 18.4 Å². The van der Waals surface area contributed by atoms with E-state index in [-0.39, 0.29) is 0 Å². The summed E-state index contributed by atoms with van der Waals surface area (Å²) in [7, 11) is 1.72. The van der Waals surface area contributed by atoms with E-state index in [9.17, 15) is 0 Å². The predicted molar refractivity (Wildman–Crippen MR) is 85.9 cm³/mol. The Labute approximate surface area is 130 Å². The molecular weight excluding hydrogens is 284 g/mol. The van der Waals surface area contributed by atoms with Crippen molar-refractivity contribution in [2.24, 2.45) is 0 Å². The van der Waals surface area contributed by atoms with Gasteiger partial charge in [0.1, 0.15) is 0 Å². The van der Waals surface area contributed by atoms with Crippen LogP contribution >= 0.6 is 11.3 Å². The first kappa shape index (κ1) is 16.1. The van der Waals surface area contributed by atoms with Crippen molar-refractivity contribution in [2.45, 2.75) is 40.3 Å². The minimum Gasteiger partial charge on any atom is -0.383 e. The fourth-order valence-corrected chi connectivity index (χ4v) is 3.00. The highest BCUT2D eigenvalue weighted by molar-refractivity contribution is 7.09. The maximum Gasteiger partial charge on any atom is 0.0926 e. The Hall–Kier alpha value is -1.24. The zero-order valence-electron chi connectivity index (χ0n) is 13.3. The van der Waals surface area contributed by atoms with Gasteiger partial charge in [-0.2, -0.15) is 5.10 Å². The number of hydrogen-bond donors (Lipinski definition) is 1. The van der Waals surface area contributed by atoms with E-state index in [0.29, 0.717) is 0 Å². The van der Waals surface area contributed by atoms with Crippen molar-refractivity contribution in [2.75, 3.05) is 20.3 Å². The van der Waals surface area contributed by atoms with Gasteiger partial charge < -0.3 is 10.1 Å². The zero-order valence-corrected chi connectivity index (χ0v) is 14.1. The smallest absolute Gasteiger partial charge is 0.0926 e. The molecule has 1 N–H and O–H groups in total. The Bertz CT molecular complexity index is 576. The molecule has 21 heavy (non-hydrogen) atoms. The number of thiazole rings is 1. The lowest BCUT2D eigenvalue weighted by Crippen LogP contribution is -2.19. The molecule has 0 radical (unpaired) electrons. The van der Waals surface area contributed by atoms with Crippen LogP contribution in [-0.2, 0) is 24.2 Å². The minimum atomic E-state index is 0.727. The summed E-state index contributed by atoms with van der Waals surface area (Å²) < 4.78 is 7.10. The Morgan fingerprint density at radius 2 is 2.19 bits per heavy atom. The molecule has 2 aromatic heterocycles. The third-order valence-electron chi connectivity index (χ3n) is 3.53. The third kappa shape index (κ3) is 4.12. The Morgan fingerprint density at radius 3 is 2.86 bits per heavy atom. The minimum absolute atomic E-state index is 0.727. The first-order valence-corrected chi connectivity index (χ1v) is 8.19. The van der Waals surface area contributed by atoms with Crippen molar-refractivity contribution >= 4 is 11.3 Å². The molecule has 0 saturated heterocycles. The molecule has 0 bridgehead atoms. The van der Waals surface area contributed by atoms with Crippen LogP contribution in [-0.4, -0.2) is 35.0 Å². The standard InChI is InChI=1S/C15H24N4OS/c1-5-15-17-13(10-21-15)9-19-12(3)14(11(2)18-19)8-16-6-7-20-4/h10,16H,5-9H2,1-4H3. The van der Waals surface area contributed by atoms with E-state index in [1.807, 2.05) is 0 Å². The van der Waals surface area contributed by atoms with Crippen molar-refractivity contribution in [3.8, 4) is 0 Å². The second-order valence-corrected chi connectivity index (χ2v) is 6.01. The lowest BCUT2D eigenvalue weighted by atomic mass is 10.2. The lowest BCUT2D eigenvalue weighted by Gasteiger charge is -2.06. The average molecular weight is 308 g/mol. The molecule has 0 spiro atoms. The van der Waals surface area contributed by atoms with Crippen molar-refractivity contribution in [1.82, 2.24) is 20.1 Å². The maximum atomic E-state index is 5.05. The van der Waals surface area contributed by atoms with Gasteiger partial charge in [-0.15, -0.1) is 11.3 Å². The first-order valence-electron chi connectivity index (χ1n) is 7.31. The molecule has 2 rings (SSSR count). The largest absolute Gasteiger partial charge is 0.383 e. The molecule has 2 heterocycles. The van der Waals surface area contributed by atoms with Gasteiger partial charge in [-0.05, 0) is 20.3 Å². The molecule has 0 aliphatic heterocycles. The maximum absolute atomic E-state index is 5.05. The molecule has 0 aliphatic carbocycles. The van der Waals surface area contributed by atoms with Gasteiger partial charge in [-0.25, -0.2) is 4.98 Å². The number of hydrogen-bond acceptors (Lipinski definition) is 5. The monoisotopic (exact) mass is 308 g/mol. The normalized spacial score (nSPS) is 11.2. The summed E-state index contributed by atoms with van der Waals surface area (Å²) in [6, 6.07) is 0. The molecular formula is C15H24N4OS. The number of nitrogens with zero attached hydrogens (tertiary/aromatic N) is 3. The quantitative estimate of drug-likeness (QED) is 0.760.